The first kappa shape index (κ1) is 11.4. The van der Waals surface area contributed by atoms with Crippen LogP contribution in [-0.4, -0.2) is 36.6 Å². The SMILES string of the molecule is CCN(C)CCNc1ccc2c(n1)CCC2. The van der Waals surface area contributed by atoms with Gasteiger partial charge in [-0.15, -0.1) is 0 Å². The summed E-state index contributed by atoms with van der Waals surface area (Å²) in [5.41, 5.74) is 2.74. The Balaban J connectivity index is 1.86. The molecule has 3 nitrogen and oxygen atoms in total. The first-order valence-electron chi connectivity index (χ1n) is 6.21. The highest BCUT2D eigenvalue weighted by atomic mass is 15.1. The van der Waals surface area contributed by atoms with Crippen LogP contribution in [0.3, 0.4) is 0 Å². The predicted molar refractivity (Wildman–Crippen MR) is 67.9 cm³/mol. The summed E-state index contributed by atoms with van der Waals surface area (Å²) in [6.45, 7) is 5.30. The Kier molecular flexibility index (Phi) is 3.78. The third-order valence-electron chi connectivity index (χ3n) is 3.27. The van der Waals surface area contributed by atoms with Crippen molar-refractivity contribution in [3.8, 4) is 0 Å². The lowest BCUT2D eigenvalue weighted by molar-refractivity contribution is 0.367. The van der Waals surface area contributed by atoms with E-state index >= 15 is 0 Å². The van der Waals surface area contributed by atoms with Crippen LogP contribution in [0.1, 0.15) is 24.6 Å². The van der Waals surface area contributed by atoms with Gasteiger partial charge in [0, 0.05) is 18.8 Å². The Morgan fingerprint density at radius 3 is 3.06 bits per heavy atom. The van der Waals surface area contributed by atoms with Gasteiger partial charge in [0.25, 0.3) is 0 Å². The molecule has 2 rings (SSSR count). The molecule has 0 saturated heterocycles. The third kappa shape index (κ3) is 2.73. The van der Waals surface area contributed by atoms with Crippen LogP contribution >= 0.6 is 0 Å². The van der Waals surface area contributed by atoms with E-state index in [9.17, 15) is 0 Å². The number of aromatic nitrogens is 1. The van der Waals surface area contributed by atoms with E-state index in [1.54, 1.807) is 0 Å². The molecule has 0 unspecified atom stereocenters. The zero-order valence-corrected chi connectivity index (χ0v) is 10.3. The van der Waals surface area contributed by atoms with Crippen LogP contribution < -0.4 is 5.32 Å². The Morgan fingerprint density at radius 1 is 1.38 bits per heavy atom. The average molecular weight is 219 g/mol. The quantitative estimate of drug-likeness (QED) is 0.820. The molecule has 1 heterocycles. The van der Waals surface area contributed by atoms with Crippen molar-refractivity contribution in [1.82, 2.24) is 9.88 Å². The molecule has 0 saturated carbocycles. The maximum Gasteiger partial charge on any atom is 0.126 e. The van der Waals surface area contributed by atoms with E-state index in [2.05, 4.69) is 41.3 Å². The molecular formula is C13H21N3. The molecule has 0 atom stereocenters. The van der Waals surface area contributed by atoms with E-state index in [1.165, 1.54) is 24.1 Å². The van der Waals surface area contributed by atoms with Crippen molar-refractivity contribution in [2.45, 2.75) is 26.2 Å². The maximum absolute atomic E-state index is 4.65. The van der Waals surface area contributed by atoms with E-state index < -0.39 is 0 Å². The number of hydrogen-bond donors (Lipinski definition) is 1. The molecular weight excluding hydrogens is 198 g/mol. The van der Waals surface area contributed by atoms with Gasteiger partial charge < -0.3 is 10.2 Å². The molecule has 0 aliphatic heterocycles. The van der Waals surface area contributed by atoms with Crippen molar-refractivity contribution < 1.29 is 0 Å². The van der Waals surface area contributed by atoms with Gasteiger partial charge in [-0.2, -0.15) is 0 Å². The van der Waals surface area contributed by atoms with E-state index in [-0.39, 0.29) is 0 Å². The minimum Gasteiger partial charge on any atom is -0.369 e. The highest BCUT2D eigenvalue weighted by molar-refractivity contribution is 5.40. The monoisotopic (exact) mass is 219 g/mol. The molecule has 1 aliphatic rings. The minimum atomic E-state index is 0.968. The molecule has 3 heteroatoms. The van der Waals surface area contributed by atoms with Gasteiger partial charge in [0.15, 0.2) is 0 Å². The molecule has 88 valence electrons. The van der Waals surface area contributed by atoms with Crippen LogP contribution in [0.5, 0.6) is 0 Å². The zero-order valence-electron chi connectivity index (χ0n) is 10.3. The number of nitrogens with zero attached hydrogens (tertiary/aromatic N) is 2. The van der Waals surface area contributed by atoms with Crippen LogP contribution in [-0.2, 0) is 12.8 Å². The van der Waals surface area contributed by atoms with Crippen molar-refractivity contribution in [1.29, 1.82) is 0 Å². The summed E-state index contributed by atoms with van der Waals surface area (Å²) in [5.74, 6) is 1.03. The Labute approximate surface area is 97.9 Å². The summed E-state index contributed by atoms with van der Waals surface area (Å²) in [7, 11) is 2.14. The van der Waals surface area contributed by atoms with Gasteiger partial charge in [0.1, 0.15) is 5.82 Å². The normalized spacial score (nSPS) is 14.2. The molecule has 0 radical (unpaired) electrons. The average Bonchev–Trinajstić information content (AvgIpc) is 2.76. The number of anilines is 1. The largest absolute Gasteiger partial charge is 0.369 e. The molecule has 16 heavy (non-hydrogen) atoms. The highest BCUT2D eigenvalue weighted by Gasteiger charge is 2.11. The van der Waals surface area contributed by atoms with E-state index in [4.69, 9.17) is 0 Å². The van der Waals surface area contributed by atoms with Gasteiger partial charge >= 0.3 is 0 Å². The standard InChI is InChI=1S/C13H21N3/c1-3-16(2)10-9-14-13-8-7-11-5-4-6-12(11)15-13/h7-8H,3-6,9-10H2,1-2H3,(H,14,15). The third-order valence-corrected chi connectivity index (χ3v) is 3.27. The molecule has 1 aromatic heterocycles. The van der Waals surface area contributed by atoms with E-state index in [0.717, 1.165) is 31.9 Å². The minimum absolute atomic E-state index is 0.968. The fourth-order valence-electron chi connectivity index (χ4n) is 2.05. The molecule has 0 bridgehead atoms. The second-order valence-corrected chi connectivity index (χ2v) is 4.48. The maximum atomic E-state index is 4.65. The first-order chi connectivity index (χ1) is 7.79. The van der Waals surface area contributed by atoms with Gasteiger partial charge in [0.05, 0.1) is 0 Å². The molecule has 0 fully saturated rings. The zero-order chi connectivity index (χ0) is 11.4. The number of rotatable bonds is 5. The van der Waals surface area contributed by atoms with Crippen LogP contribution in [0.15, 0.2) is 12.1 Å². The van der Waals surface area contributed by atoms with Gasteiger partial charge in [0.2, 0.25) is 0 Å². The van der Waals surface area contributed by atoms with Crippen LogP contribution in [0.4, 0.5) is 5.82 Å². The number of hydrogen-bond acceptors (Lipinski definition) is 3. The van der Waals surface area contributed by atoms with E-state index in [1.807, 2.05) is 0 Å². The lowest BCUT2D eigenvalue weighted by Gasteiger charge is -2.14. The summed E-state index contributed by atoms with van der Waals surface area (Å²) >= 11 is 0. The van der Waals surface area contributed by atoms with Gasteiger partial charge in [-0.1, -0.05) is 13.0 Å². The number of aryl methyl sites for hydroxylation is 2. The lowest BCUT2D eigenvalue weighted by atomic mass is 10.2. The van der Waals surface area contributed by atoms with Crippen LogP contribution in [0, 0.1) is 0 Å². The Hall–Kier alpha value is -1.09. The second-order valence-electron chi connectivity index (χ2n) is 4.48. The second kappa shape index (κ2) is 5.30. The number of nitrogens with one attached hydrogen (secondary N) is 1. The van der Waals surface area contributed by atoms with Crippen molar-refractivity contribution in [3.63, 3.8) is 0 Å². The molecule has 1 N–H and O–H groups in total. The fourth-order valence-corrected chi connectivity index (χ4v) is 2.05. The number of pyridine rings is 1. The highest BCUT2D eigenvalue weighted by Crippen LogP contribution is 2.21. The van der Waals surface area contributed by atoms with Crippen LogP contribution in [0.25, 0.3) is 0 Å². The Bertz CT molecular complexity index is 349. The van der Waals surface area contributed by atoms with E-state index in [0.29, 0.717) is 0 Å². The molecule has 1 aliphatic carbocycles. The van der Waals surface area contributed by atoms with Crippen molar-refractivity contribution in [2.75, 3.05) is 32.0 Å². The van der Waals surface area contributed by atoms with Crippen molar-refractivity contribution in [3.05, 3.63) is 23.4 Å². The molecule has 0 amide bonds. The van der Waals surface area contributed by atoms with Crippen molar-refractivity contribution in [2.24, 2.45) is 0 Å². The topological polar surface area (TPSA) is 28.2 Å². The number of fused-ring (bicyclic) bond motifs is 1. The smallest absolute Gasteiger partial charge is 0.126 e. The number of likely N-dealkylation sites (N-methyl/N-ethyl adjacent to an activating group) is 1. The fraction of sp³-hybridized carbons (Fsp3) is 0.615. The summed E-state index contributed by atoms with van der Waals surface area (Å²) in [5, 5.41) is 3.39. The predicted octanol–water partition coefficient (Wildman–Crippen LogP) is 1.93. The summed E-state index contributed by atoms with van der Waals surface area (Å²) in [6, 6.07) is 4.33. The molecule has 0 aromatic carbocycles. The van der Waals surface area contributed by atoms with Crippen molar-refractivity contribution >= 4 is 5.82 Å². The Morgan fingerprint density at radius 2 is 2.25 bits per heavy atom. The summed E-state index contributed by atoms with van der Waals surface area (Å²) in [6.07, 6.45) is 3.63. The summed E-state index contributed by atoms with van der Waals surface area (Å²) in [4.78, 5) is 6.94. The van der Waals surface area contributed by atoms with Gasteiger partial charge in [-0.3, -0.25) is 0 Å². The van der Waals surface area contributed by atoms with Crippen LogP contribution in [0.2, 0.25) is 0 Å². The summed E-state index contributed by atoms with van der Waals surface area (Å²) < 4.78 is 0. The van der Waals surface area contributed by atoms with Gasteiger partial charge in [-0.05, 0) is 44.5 Å². The van der Waals surface area contributed by atoms with Gasteiger partial charge in [-0.25, -0.2) is 4.98 Å². The lowest BCUT2D eigenvalue weighted by Crippen LogP contribution is -2.25. The molecule has 1 aromatic rings. The first-order valence-corrected chi connectivity index (χ1v) is 6.21. The molecule has 0 spiro atoms.